The fourth-order valence-electron chi connectivity index (χ4n) is 2.46. The maximum atomic E-state index is 12.4. The zero-order chi connectivity index (χ0) is 22.0. The highest BCUT2D eigenvalue weighted by Gasteiger charge is 2.28. The smallest absolute Gasteiger partial charge is 0.327 e. The number of amides is 3. The van der Waals surface area contributed by atoms with E-state index in [2.05, 4.69) is 28.6 Å². The Morgan fingerprint density at radius 1 is 0.821 bits per heavy atom. The predicted octanol–water partition coefficient (Wildman–Crippen LogP) is -0.105. The molecule has 0 saturated heterocycles. The number of carbonyl (C=O) groups excluding carboxylic acids is 3. The normalized spacial score (nSPS) is 15.5. The van der Waals surface area contributed by atoms with Gasteiger partial charge in [-0.2, -0.15) is 12.6 Å². The van der Waals surface area contributed by atoms with Gasteiger partial charge in [-0.25, -0.2) is 4.79 Å². The van der Waals surface area contributed by atoms with Gasteiger partial charge in [-0.05, 0) is 31.6 Å². The molecule has 9 nitrogen and oxygen atoms in total. The van der Waals surface area contributed by atoms with E-state index in [0.29, 0.717) is 12.8 Å². The molecule has 4 atom stereocenters. The van der Waals surface area contributed by atoms with Crippen LogP contribution >= 0.6 is 12.6 Å². The Morgan fingerprint density at radius 2 is 1.32 bits per heavy atom. The minimum atomic E-state index is -1.21. The van der Waals surface area contributed by atoms with E-state index in [-0.39, 0.29) is 17.6 Å². The Hall–Kier alpha value is -1.81. The number of carboxylic acids is 1. The van der Waals surface area contributed by atoms with Crippen molar-refractivity contribution in [2.75, 3.05) is 5.75 Å². The molecule has 0 saturated carbocycles. The zero-order valence-corrected chi connectivity index (χ0v) is 18.1. The third kappa shape index (κ3) is 9.93. The van der Waals surface area contributed by atoms with Crippen LogP contribution in [0.25, 0.3) is 0 Å². The van der Waals surface area contributed by atoms with E-state index in [4.69, 9.17) is 10.8 Å². The number of hydrogen-bond acceptors (Lipinski definition) is 6. The number of aliphatic carboxylic acids is 1. The maximum absolute atomic E-state index is 12.4. The number of carboxylic acid groups (broad SMARTS) is 1. The summed E-state index contributed by atoms with van der Waals surface area (Å²) in [6.45, 7) is 9.11. The summed E-state index contributed by atoms with van der Waals surface area (Å²) in [5.74, 6) is -2.59. The molecular weight excluding hydrogens is 384 g/mol. The van der Waals surface area contributed by atoms with Crippen LogP contribution in [0, 0.1) is 11.8 Å². The number of nitrogens with one attached hydrogen (secondary N) is 3. The fraction of sp³-hybridized carbons (Fsp3) is 0.778. The zero-order valence-electron chi connectivity index (χ0n) is 17.2. The summed E-state index contributed by atoms with van der Waals surface area (Å²) in [6.07, 6.45) is 0.795. The van der Waals surface area contributed by atoms with E-state index >= 15 is 0 Å². The van der Waals surface area contributed by atoms with Gasteiger partial charge in [0.05, 0.1) is 6.04 Å². The molecular formula is C18H34N4O5S. The molecule has 0 aromatic heterocycles. The first-order valence-corrected chi connectivity index (χ1v) is 10.0. The van der Waals surface area contributed by atoms with Crippen LogP contribution in [0.15, 0.2) is 0 Å². The summed E-state index contributed by atoms with van der Waals surface area (Å²) in [5, 5.41) is 16.5. The molecule has 0 aliphatic rings. The SMILES string of the molecule is CC(C)CC(N)C(=O)NC(C)C(=O)NC(CC(C)C)C(=O)NC(CS)C(=O)O. The van der Waals surface area contributed by atoms with Crippen LogP contribution in [-0.4, -0.2) is 58.7 Å². The summed E-state index contributed by atoms with van der Waals surface area (Å²) in [4.78, 5) is 48.0. The Balaban J connectivity index is 4.98. The van der Waals surface area contributed by atoms with Crippen molar-refractivity contribution < 1.29 is 24.3 Å². The Morgan fingerprint density at radius 3 is 1.75 bits per heavy atom. The van der Waals surface area contributed by atoms with E-state index in [1.54, 1.807) is 0 Å². The summed E-state index contributed by atoms with van der Waals surface area (Å²) in [5.41, 5.74) is 5.81. The van der Waals surface area contributed by atoms with Gasteiger partial charge in [0.25, 0.3) is 0 Å². The molecule has 0 rings (SSSR count). The molecule has 0 aliphatic heterocycles. The van der Waals surface area contributed by atoms with Crippen molar-refractivity contribution in [2.24, 2.45) is 17.6 Å². The predicted molar refractivity (Wildman–Crippen MR) is 110 cm³/mol. The highest BCUT2D eigenvalue weighted by Crippen LogP contribution is 2.07. The van der Waals surface area contributed by atoms with E-state index in [9.17, 15) is 19.2 Å². The van der Waals surface area contributed by atoms with Crippen molar-refractivity contribution in [3.63, 3.8) is 0 Å². The quantitative estimate of drug-likeness (QED) is 0.244. The van der Waals surface area contributed by atoms with Crippen LogP contribution in [0.2, 0.25) is 0 Å². The fourth-order valence-corrected chi connectivity index (χ4v) is 2.71. The van der Waals surface area contributed by atoms with Crippen LogP contribution < -0.4 is 21.7 Å². The molecule has 3 amide bonds. The Kier molecular flexibility index (Phi) is 11.8. The molecule has 4 unspecified atom stereocenters. The molecule has 0 fully saturated rings. The number of hydrogen-bond donors (Lipinski definition) is 6. The van der Waals surface area contributed by atoms with E-state index in [1.807, 2.05) is 27.7 Å². The molecule has 0 bridgehead atoms. The van der Waals surface area contributed by atoms with Crippen LogP contribution in [0.5, 0.6) is 0 Å². The molecule has 0 spiro atoms. The monoisotopic (exact) mass is 418 g/mol. The number of nitrogens with two attached hydrogens (primary N) is 1. The third-order valence-electron chi connectivity index (χ3n) is 3.95. The number of carbonyl (C=O) groups is 4. The second kappa shape index (κ2) is 12.6. The van der Waals surface area contributed by atoms with Gasteiger partial charge in [0.2, 0.25) is 17.7 Å². The lowest BCUT2D eigenvalue weighted by atomic mass is 10.0. The molecule has 6 N–H and O–H groups in total. The second-order valence-corrected chi connectivity index (χ2v) is 8.10. The molecule has 28 heavy (non-hydrogen) atoms. The average molecular weight is 419 g/mol. The molecule has 0 heterocycles. The van der Waals surface area contributed by atoms with Gasteiger partial charge < -0.3 is 26.8 Å². The van der Waals surface area contributed by atoms with Gasteiger partial charge in [-0.3, -0.25) is 14.4 Å². The number of thiol groups is 1. The number of rotatable bonds is 12. The van der Waals surface area contributed by atoms with Crippen molar-refractivity contribution >= 4 is 36.3 Å². The standard InChI is InChI=1S/C18H34N4O5S/c1-9(2)6-12(19)16(24)20-11(5)15(23)21-13(7-10(3)4)17(25)22-14(8-28)18(26)27/h9-14,28H,6-8,19H2,1-5H3,(H,20,24)(H,21,23)(H,22,25)(H,26,27). The summed E-state index contributed by atoms with van der Waals surface area (Å²) in [6, 6.07) is -3.71. The van der Waals surface area contributed by atoms with Crippen LogP contribution in [0.4, 0.5) is 0 Å². The van der Waals surface area contributed by atoms with Gasteiger partial charge in [0.15, 0.2) is 0 Å². The van der Waals surface area contributed by atoms with Gasteiger partial charge in [0.1, 0.15) is 18.1 Å². The summed E-state index contributed by atoms with van der Waals surface area (Å²) < 4.78 is 0. The first-order valence-electron chi connectivity index (χ1n) is 9.39. The maximum Gasteiger partial charge on any atom is 0.327 e. The Bertz CT molecular complexity index is 556. The van der Waals surface area contributed by atoms with Crippen LogP contribution in [-0.2, 0) is 19.2 Å². The highest BCUT2D eigenvalue weighted by atomic mass is 32.1. The lowest BCUT2D eigenvalue weighted by Gasteiger charge is -2.24. The minimum absolute atomic E-state index is 0.0692. The molecule has 0 radical (unpaired) electrons. The minimum Gasteiger partial charge on any atom is -0.480 e. The highest BCUT2D eigenvalue weighted by molar-refractivity contribution is 7.80. The van der Waals surface area contributed by atoms with E-state index in [1.165, 1.54) is 6.92 Å². The largest absolute Gasteiger partial charge is 0.480 e. The van der Waals surface area contributed by atoms with Crippen LogP contribution in [0.3, 0.4) is 0 Å². The molecule has 10 heteroatoms. The van der Waals surface area contributed by atoms with Crippen molar-refractivity contribution in [3.05, 3.63) is 0 Å². The second-order valence-electron chi connectivity index (χ2n) is 7.74. The molecule has 0 aromatic carbocycles. The average Bonchev–Trinajstić information content (AvgIpc) is 2.57. The van der Waals surface area contributed by atoms with Crippen LogP contribution in [0.1, 0.15) is 47.5 Å². The lowest BCUT2D eigenvalue weighted by molar-refractivity contribution is -0.141. The van der Waals surface area contributed by atoms with Gasteiger partial charge in [-0.15, -0.1) is 0 Å². The first-order chi connectivity index (χ1) is 12.9. The van der Waals surface area contributed by atoms with Gasteiger partial charge in [-0.1, -0.05) is 27.7 Å². The third-order valence-corrected chi connectivity index (χ3v) is 4.32. The first kappa shape index (κ1) is 26.2. The molecule has 0 aromatic rings. The van der Waals surface area contributed by atoms with Gasteiger partial charge >= 0.3 is 5.97 Å². The summed E-state index contributed by atoms with van der Waals surface area (Å²) >= 11 is 3.91. The van der Waals surface area contributed by atoms with Crippen molar-refractivity contribution in [2.45, 2.75) is 71.6 Å². The Labute approximate surface area is 172 Å². The molecule has 162 valence electrons. The lowest BCUT2D eigenvalue weighted by Crippen LogP contribution is -2.56. The van der Waals surface area contributed by atoms with Crippen molar-refractivity contribution in [1.29, 1.82) is 0 Å². The van der Waals surface area contributed by atoms with Crippen molar-refractivity contribution in [3.8, 4) is 0 Å². The van der Waals surface area contributed by atoms with Gasteiger partial charge in [0, 0.05) is 5.75 Å². The van der Waals surface area contributed by atoms with E-state index in [0.717, 1.165) is 0 Å². The molecule has 0 aliphatic carbocycles. The van der Waals surface area contributed by atoms with Crippen molar-refractivity contribution in [1.82, 2.24) is 16.0 Å². The summed E-state index contributed by atoms with van der Waals surface area (Å²) in [7, 11) is 0. The topological polar surface area (TPSA) is 151 Å². The van der Waals surface area contributed by atoms with E-state index < -0.39 is 47.9 Å².